The number of phosphoric acid groups is 1. The van der Waals surface area contributed by atoms with E-state index < -0.39 is 26.6 Å². The number of carbonyl (C=O) groups excluding carboxylic acids is 1. The van der Waals surface area contributed by atoms with Crippen molar-refractivity contribution in [3.63, 3.8) is 0 Å². The van der Waals surface area contributed by atoms with Crippen molar-refractivity contribution in [3.8, 4) is 0 Å². The molecule has 3 unspecified atom stereocenters. The monoisotopic (exact) mass is 699 g/mol. The molecule has 0 aromatic rings. The molecule has 0 aromatic heterocycles. The highest BCUT2D eigenvalue weighted by Gasteiger charge is 2.23. The summed E-state index contributed by atoms with van der Waals surface area (Å²) in [6.45, 7) is 4.56. The van der Waals surface area contributed by atoms with Gasteiger partial charge in [0.15, 0.2) is 0 Å². The first-order valence-corrected chi connectivity index (χ1v) is 20.8. The number of hydrogen-bond donors (Lipinski definition) is 2. The van der Waals surface area contributed by atoms with E-state index in [-0.39, 0.29) is 12.5 Å². The number of likely N-dealkylation sites (N-methyl/N-ethyl adjacent to an activating group) is 1. The van der Waals surface area contributed by atoms with Gasteiger partial charge < -0.3 is 28.8 Å². The van der Waals surface area contributed by atoms with E-state index in [1.54, 1.807) is 6.08 Å². The van der Waals surface area contributed by atoms with E-state index in [4.69, 9.17) is 9.05 Å². The Morgan fingerprint density at radius 1 is 0.708 bits per heavy atom. The van der Waals surface area contributed by atoms with Gasteiger partial charge in [-0.25, -0.2) is 0 Å². The smallest absolute Gasteiger partial charge is 0.268 e. The summed E-state index contributed by atoms with van der Waals surface area (Å²) in [5.74, 6) is -0.215. The summed E-state index contributed by atoms with van der Waals surface area (Å²) in [6.07, 6.45) is 36.1. The molecular weight excluding hydrogens is 623 g/mol. The van der Waals surface area contributed by atoms with Gasteiger partial charge in [-0.1, -0.05) is 140 Å². The number of rotatable bonds is 34. The van der Waals surface area contributed by atoms with Crippen LogP contribution in [0.15, 0.2) is 36.5 Å². The average Bonchev–Trinajstić information content (AvgIpc) is 3.02. The second-order valence-electron chi connectivity index (χ2n) is 14.3. The fraction of sp³-hybridized carbons (Fsp3) is 0.821. The van der Waals surface area contributed by atoms with Crippen LogP contribution in [0.25, 0.3) is 0 Å². The third kappa shape index (κ3) is 33.2. The number of nitrogens with one attached hydrogen (secondary N) is 1. The van der Waals surface area contributed by atoms with Gasteiger partial charge in [0.05, 0.1) is 39.9 Å². The SMILES string of the molecule is CCCCCC/C=C/CC/C=C/CC/C=C/C(O)C(COP(=O)([O-])OCC[N+](C)(C)C)NC(=O)CCCCCCCCCCCCCC. The zero-order valence-electron chi connectivity index (χ0n) is 31.7. The Labute approximate surface area is 296 Å². The molecule has 0 spiro atoms. The molecule has 0 saturated heterocycles. The molecule has 282 valence electrons. The van der Waals surface area contributed by atoms with Crippen molar-refractivity contribution in [2.45, 2.75) is 167 Å². The van der Waals surface area contributed by atoms with Crippen LogP contribution in [-0.2, 0) is 18.4 Å². The van der Waals surface area contributed by atoms with E-state index in [9.17, 15) is 19.4 Å². The third-order valence-corrected chi connectivity index (χ3v) is 9.29. The van der Waals surface area contributed by atoms with Gasteiger partial charge in [0, 0.05) is 6.42 Å². The van der Waals surface area contributed by atoms with Crippen LogP contribution in [0.5, 0.6) is 0 Å². The Kier molecular flexibility index (Phi) is 30.8. The first-order valence-electron chi connectivity index (χ1n) is 19.4. The Balaban J connectivity index is 4.62. The molecular formula is C39H75N2O6P. The number of quaternary nitrogens is 1. The number of aliphatic hydroxyl groups is 1. The molecule has 1 amide bonds. The number of aliphatic hydroxyl groups excluding tert-OH is 1. The fourth-order valence-corrected chi connectivity index (χ4v) is 5.90. The highest BCUT2D eigenvalue weighted by molar-refractivity contribution is 7.45. The normalized spacial score (nSPS) is 15.1. The van der Waals surface area contributed by atoms with Crippen LogP contribution in [0, 0.1) is 0 Å². The number of phosphoric ester groups is 1. The van der Waals surface area contributed by atoms with Gasteiger partial charge >= 0.3 is 0 Å². The molecule has 0 heterocycles. The minimum Gasteiger partial charge on any atom is -0.756 e. The van der Waals surface area contributed by atoms with E-state index in [0.29, 0.717) is 17.4 Å². The molecule has 2 N–H and O–H groups in total. The van der Waals surface area contributed by atoms with Crippen molar-refractivity contribution in [1.29, 1.82) is 0 Å². The van der Waals surface area contributed by atoms with Gasteiger partial charge in [-0.2, -0.15) is 0 Å². The molecule has 0 rings (SSSR count). The highest BCUT2D eigenvalue weighted by atomic mass is 31.2. The maximum atomic E-state index is 12.8. The van der Waals surface area contributed by atoms with Gasteiger partial charge in [0.1, 0.15) is 13.2 Å². The van der Waals surface area contributed by atoms with Gasteiger partial charge in [-0.3, -0.25) is 9.36 Å². The van der Waals surface area contributed by atoms with Crippen LogP contribution in [-0.4, -0.2) is 68.5 Å². The van der Waals surface area contributed by atoms with Crippen LogP contribution >= 0.6 is 7.82 Å². The minimum absolute atomic E-state index is 0.00836. The summed E-state index contributed by atoms with van der Waals surface area (Å²) in [4.78, 5) is 25.1. The standard InChI is InChI=1S/C39H75N2O6P/c1-6-8-10-12-14-16-18-20-21-22-24-26-28-30-32-38(42)37(36-47-48(44,45)46-35-34-41(3,4)5)40-39(43)33-31-29-27-25-23-19-17-15-13-11-9-7-2/h16,18,22,24,30,32,37-38,42H,6-15,17,19-21,23,25-29,31,33-36H2,1-5H3,(H-,40,43,44,45)/b18-16+,24-22+,32-30+. The summed E-state index contributed by atoms with van der Waals surface area (Å²) in [6, 6.07) is -0.903. The molecule has 0 radical (unpaired) electrons. The average molecular weight is 699 g/mol. The minimum atomic E-state index is -4.59. The van der Waals surface area contributed by atoms with Crippen molar-refractivity contribution >= 4 is 13.7 Å². The lowest BCUT2D eigenvalue weighted by molar-refractivity contribution is -0.870. The molecule has 9 heteroatoms. The number of hydrogen-bond acceptors (Lipinski definition) is 6. The summed E-state index contributed by atoms with van der Waals surface area (Å²) < 4.78 is 23.1. The summed E-state index contributed by atoms with van der Waals surface area (Å²) in [5.41, 5.74) is 0. The lowest BCUT2D eigenvalue weighted by Gasteiger charge is -2.29. The number of amides is 1. The predicted molar refractivity (Wildman–Crippen MR) is 201 cm³/mol. The van der Waals surface area contributed by atoms with Gasteiger partial charge in [-0.05, 0) is 44.9 Å². The van der Waals surface area contributed by atoms with Gasteiger partial charge in [-0.15, -0.1) is 0 Å². The fourth-order valence-electron chi connectivity index (χ4n) is 5.18. The Bertz CT molecular complexity index is 886. The number of unbranched alkanes of at least 4 members (excludes halogenated alkanes) is 17. The second kappa shape index (κ2) is 31.7. The molecule has 0 saturated carbocycles. The summed E-state index contributed by atoms with van der Waals surface area (Å²) in [5, 5.41) is 13.7. The van der Waals surface area contributed by atoms with E-state index in [2.05, 4.69) is 43.5 Å². The van der Waals surface area contributed by atoms with Gasteiger partial charge in [0.2, 0.25) is 5.91 Å². The van der Waals surface area contributed by atoms with Crippen molar-refractivity contribution in [3.05, 3.63) is 36.5 Å². The van der Waals surface area contributed by atoms with E-state index in [1.165, 1.54) is 89.9 Å². The molecule has 48 heavy (non-hydrogen) atoms. The zero-order valence-corrected chi connectivity index (χ0v) is 32.6. The van der Waals surface area contributed by atoms with Crippen LogP contribution in [0.1, 0.15) is 155 Å². The summed E-state index contributed by atoms with van der Waals surface area (Å²) in [7, 11) is 1.23. The largest absolute Gasteiger partial charge is 0.756 e. The third-order valence-electron chi connectivity index (χ3n) is 8.33. The van der Waals surface area contributed by atoms with Crippen molar-refractivity contribution < 1.29 is 32.9 Å². The zero-order chi connectivity index (χ0) is 35.8. The number of carbonyl (C=O) groups is 1. The van der Waals surface area contributed by atoms with Crippen molar-refractivity contribution in [2.24, 2.45) is 0 Å². The van der Waals surface area contributed by atoms with Crippen LogP contribution in [0.3, 0.4) is 0 Å². The molecule has 0 bridgehead atoms. The molecule has 0 fully saturated rings. The Morgan fingerprint density at radius 3 is 1.69 bits per heavy atom. The topological polar surface area (TPSA) is 108 Å². The predicted octanol–water partition coefficient (Wildman–Crippen LogP) is 9.33. The lowest BCUT2D eigenvalue weighted by atomic mass is 10.0. The maximum absolute atomic E-state index is 12.8. The molecule has 8 nitrogen and oxygen atoms in total. The van der Waals surface area contributed by atoms with Crippen LogP contribution < -0.4 is 10.2 Å². The van der Waals surface area contributed by atoms with Crippen molar-refractivity contribution in [2.75, 3.05) is 40.9 Å². The van der Waals surface area contributed by atoms with Crippen molar-refractivity contribution in [1.82, 2.24) is 5.32 Å². The van der Waals surface area contributed by atoms with E-state index in [1.807, 2.05) is 27.2 Å². The second-order valence-corrected chi connectivity index (χ2v) is 15.7. The number of nitrogens with zero attached hydrogens (tertiary/aromatic N) is 1. The van der Waals surface area contributed by atoms with E-state index >= 15 is 0 Å². The van der Waals surface area contributed by atoms with Gasteiger partial charge in [0.25, 0.3) is 7.82 Å². The Morgan fingerprint density at radius 2 is 1.17 bits per heavy atom. The Hall–Kier alpha value is -1.28. The quantitative estimate of drug-likeness (QED) is 0.0300. The van der Waals surface area contributed by atoms with E-state index in [0.717, 1.165) is 44.9 Å². The molecule has 0 aliphatic heterocycles. The molecule has 3 atom stereocenters. The van der Waals surface area contributed by atoms with Crippen LogP contribution in [0.2, 0.25) is 0 Å². The summed E-state index contributed by atoms with van der Waals surface area (Å²) >= 11 is 0. The highest BCUT2D eigenvalue weighted by Crippen LogP contribution is 2.38. The first kappa shape index (κ1) is 46.7. The maximum Gasteiger partial charge on any atom is 0.268 e. The molecule has 0 aromatic carbocycles. The molecule has 0 aliphatic rings. The lowest BCUT2D eigenvalue weighted by Crippen LogP contribution is -2.45. The molecule has 0 aliphatic carbocycles. The van der Waals surface area contributed by atoms with Crippen LogP contribution in [0.4, 0.5) is 0 Å². The number of allylic oxidation sites excluding steroid dienone is 5. The first-order chi connectivity index (χ1) is 23.0.